The van der Waals surface area contributed by atoms with Crippen LogP contribution in [0.5, 0.6) is 5.75 Å². The van der Waals surface area contributed by atoms with Crippen molar-refractivity contribution in [2.24, 2.45) is 0 Å². The molecule has 1 aliphatic rings. The van der Waals surface area contributed by atoms with Gasteiger partial charge in [-0.15, -0.1) is 0 Å². The topological polar surface area (TPSA) is 24.5 Å². The lowest BCUT2D eigenvalue weighted by molar-refractivity contribution is 0.102. The lowest BCUT2D eigenvalue weighted by Crippen LogP contribution is -2.51. The zero-order chi connectivity index (χ0) is 13.9. The molecular formula is C16H26N2O. The van der Waals surface area contributed by atoms with Gasteiger partial charge in [0.2, 0.25) is 0 Å². The summed E-state index contributed by atoms with van der Waals surface area (Å²) in [7, 11) is 0. The number of hydrogen-bond donors (Lipinski definition) is 1. The molecule has 2 rings (SSSR count). The molecule has 1 N–H and O–H groups in total. The Balaban J connectivity index is 2.11. The van der Waals surface area contributed by atoms with Gasteiger partial charge in [-0.05, 0) is 45.4 Å². The third-order valence-corrected chi connectivity index (χ3v) is 3.84. The van der Waals surface area contributed by atoms with Crippen LogP contribution >= 0.6 is 0 Å². The van der Waals surface area contributed by atoms with Crippen LogP contribution in [0.25, 0.3) is 0 Å². The third-order valence-electron chi connectivity index (χ3n) is 3.84. The maximum atomic E-state index is 5.70. The van der Waals surface area contributed by atoms with Gasteiger partial charge in [0.15, 0.2) is 0 Å². The van der Waals surface area contributed by atoms with Crippen LogP contribution < -0.4 is 10.1 Å². The third kappa shape index (κ3) is 3.48. The number of ether oxygens (including phenoxy) is 1. The Morgan fingerprint density at radius 2 is 1.68 bits per heavy atom. The number of piperazine rings is 1. The number of nitrogens with one attached hydrogen (secondary N) is 1. The number of hydrogen-bond acceptors (Lipinski definition) is 3. The SMILES string of the molecule is CC(C)Oc1ccc(C(C)(C)N2CCNCC2)cc1. The molecule has 0 aromatic heterocycles. The Labute approximate surface area is 116 Å². The zero-order valence-corrected chi connectivity index (χ0v) is 12.6. The smallest absolute Gasteiger partial charge is 0.119 e. The quantitative estimate of drug-likeness (QED) is 0.902. The number of benzene rings is 1. The second-order valence-electron chi connectivity index (χ2n) is 5.99. The van der Waals surface area contributed by atoms with Crippen molar-refractivity contribution in [3.05, 3.63) is 29.8 Å². The summed E-state index contributed by atoms with van der Waals surface area (Å²) in [5.41, 5.74) is 1.43. The molecule has 0 spiro atoms. The molecular weight excluding hydrogens is 236 g/mol. The second-order valence-corrected chi connectivity index (χ2v) is 5.99. The molecule has 19 heavy (non-hydrogen) atoms. The van der Waals surface area contributed by atoms with Crippen molar-refractivity contribution in [2.75, 3.05) is 26.2 Å². The van der Waals surface area contributed by atoms with E-state index in [0.29, 0.717) is 0 Å². The first-order chi connectivity index (χ1) is 9.00. The van der Waals surface area contributed by atoms with E-state index in [1.54, 1.807) is 0 Å². The fourth-order valence-electron chi connectivity index (χ4n) is 2.62. The Kier molecular flexibility index (Phi) is 4.48. The average Bonchev–Trinajstić information content (AvgIpc) is 2.40. The summed E-state index contributed by atoms with van der Waals surface area (Å²) in [6.07, 6.45) is 0.229. The van der Waals surface area contributed by atoms with Gasteiger partial charge in [0.25, 0.3) is 0 Å². The lowest BCUT2D eigenvalue weighted by Gasteiger charge is -2.41. The summed E-state index contributed by atoms with van der Waals surface area (Å²) >= 11 is 0. The summed E-state index contributed by atoms with van der Waals surface area (Å²) < 4.78 is 5.70. The van der Waals surface area contributed by atoms with E-state index in [9.17, 15) is 0 Å². The minimum Gasteiger partial charge on any atom is -0.491 e. The van der Waals surface area contributed by atoms with Crippen molar-refractivity contribution in [3.8, 4) is 5.75 Å². The van der Waals surface area contributed by atoms with Crippen LogP contribution in [-0.4, -0.2) is 37.2 Å². The summed E-state index contributed by atoms with van der Waals surface area (Å²) in [4.78, 5) is 2.54. The molecule has 0 atom stereocenters. The average molecular weight is 262 g/mol. The van der Waals surface area contributed by atoms with E-state index in [2.05, 4.69) is 62.2 Å². The van der Waals surface area contributed by atoms with E-state index in [4.69, 9.17) is 4.74 Å². The standard InChI is InChI=1S/C16H26N2O/c1-13(2)19-15-7-5-14(6-8-15)16(3,4)18-11-9-17-10-12-18/h5-8,13,17H,9-12H2,1-4H3. The van der Waals surface area contributed by atoms with E-state index in [1.165, 1.54) is 5.56 Å². The fourth-order valence-corrected chi connectivity index (χ4v) is 2.62. The van der Waals surface area contributed by atoms with Gasteiger partial charge in [-0.25, -0.2) is 0 Å². The monoisotopic (exact) mass is 262 g/mol. The van der Waals surface area contributed by atoms with E-state index in [1.807, 2.05) is 0 Å². The Bertz CT molecular complexity index is 392. The number of rotatable bonds is 4. The molecule has 0 saturated carbocycles. The van der Waals surface area contributed by atoms with Crippen LogP contribution in [-0.2, 0) is 5.54 Å². The number of nitrogens with zero attached hydrogens (tertiary/aromatic N) is 1. The van der Waals surface area contributed by atoms with Crippen molar-refractivity contribution in [2.45, 2.75) is 39.3 Å². The normalized spacial score (nSPS) is 17.7. The van der Waals surface area contributed by atoms with Gasteiger partial charge >= 0.3 is 0 Å². The van der Waals surface area contributed by atoms with Gasteiger partial charge < -0.3 is 10.1 Å². The van der Waals surface area contributed by atoms with Crippen LogP contribution in [0.4, 0.5) is 0 Å². The van der Waals surface area contributed by atoms with Crippen LogP contribution in [0.1, 0.15) is 33.3 Å². The highest BCUT2D eigenvalue weighted by Crippen LogP contribution is 2.29. The molecule has 1 heterocycles. The van der Waals surface area contributed by atoms with Crippen molar-refractivity contribution < 1.29 is 4.74 Å². The maximum absolute atomic E-state index is 5.70. The molecule has 1 aromatic rings. The van der Waals surface area contributed by atoms with E-state index >= 15 is 0 Å². The fraction of sp³-hybridized carbons (Fsp3) is 0.625. The van der Waals surface area contributed by atoms with Crippen LogP contribution in [0, 0.1) is 0 Å². The minimum absolute atomic E-state index is 0.0818. The molecule has 1 saturated heterocycles. The molecule has 0 amide bonds. The maximum Gasteiger partial charge on any atom is 0.119 e. The van der Waals surface area contributed by atoms with Crippen molar-refractivity contribution in [1.29, 1.82) is 0 Å². The second kappa shape index (κ2) is 5.93. The summed E-state index contributed by atoms with van der Waals surface area (Å²) in [6, 6.07) is 8.55. The Morgan fingerprint density at radius 3 is 2.21 bits per heavy atom. The van der Waals surface area contributed by atoms with Gasteiger partial charge in [-0.2, -0.15) is 0 Å². The van der Waals surface area contributed by atoms with E-state index < -0.39 is 0 Å². The van der Waals surface area contributed by atoms with Crippen molar-refractivity contribution in [1.82, 2.24) is 10.2 Å². The molecule has 1 aliphatic heterocycles. The first kappa shape index (κ1) is 14.4. The van der Waals surface area contributed by atoms with Crippen molar-refractivity contribution in [3.63, 3.8) is 0 Å². The molecule has 0 radical (unpaired) electrons. The molecule has 3 heteroatoms. The van der Waals surface area contributed by atoms with Gasteiger partial charge in [-0.1, -0.05) is 12.1 Å². The predicted octanol–water partition coefficient (Wildman–Crippen LogP) is 2.61. The lowest BCUT2D eigenvalue weighted by atomic mass is 9.91. The highest BCUT2D eigenvalue weighted by molar-refractivity contribution is 5.31. The molecule has 0 unspecified atom stereocenters. The molecule has 106 valence electrons. The van der Waals surface area contributed by atoms with E-state index in [0.717, 1.165) is 31.9 Å². The molecule has 1 aromatic carbocycles. The highest BCUT2D eigenvalue weighted by atomic mass is 16.5. The summed E-state index contributed by atoms with van der Waals surface area (Å²) in [5.74, 6) is 0.954. The molecule has 1 fully saturated rings. The van der Waals surface area contributed by atoms with Gasteiger partial charge in [0.1, 0.15) is 5.75 Å². The largest absolute Gasteiger partial charge is 0.491 e. The first-order valence-corrected chi connectivity index (χ1v) is 7.23. The highest BCUT2D eigenvalue weighted by Gasteiger charge is 2.29. The van der Waals surface area contributed by atoms with Crippen molar-refractivity contribution >= 4 is 0 Å². The molecule has 0 bridgehead atoms. The van der Waals surface area contributed by atoms with Crippen LogP contribution in [0.15, 0.2) is 24.3 Å². The Morgan fingerprint density at radius 1 is 1.11 bits per heavy atom. The summed E-state index contributed by atoms with van der Waals surface area (Å²) in [6.45, 7) is 13.1. The van der Waals surface area contributed by atoms with Gasteiger partial charge in [0.05, 0.1) is 6.10 Å². The predicted molar refractivity (Wildman–Crippen MR) is 79.7 cm³/mol. The van der Waals surface area contributed by atoms with Gasteiger partial charge in [-0.3, -0.25) is 4.90 Å². The summed E-state index contributed by atoms with van der Waals surface area (Å²) in [5, 5.41) is 3.41. The molecule has 3 nitrogen and oxygen atoms in total. The first-order valence-electron chi connectivity index (χ1n) is 7.23. The molecule has 0 aliphatic carbocycles. The van der Waals surface area contributed by atoms with E-state index in [-0.39, 0.29) is 11.6 Å². The Hall–Kier alpha value is -1.06. The van der Waals surface area contributed by atoms with Crippen LogP contribution in [0.3, 0.4) is 0 Å². The minimum atomic E-state index is 0.0818. The van der Waals surface area contributed by atoms with Crippen LogP contribution in [0.2, 0.25) is 0 Å². The zero-order valence-electron chi connectivity index (χ0n) is 12.6. The van der Waals surface area contributed by atoms with Gasteiger partial charge in [0, 0.05) is 31.7 Å².